The van der Waals surface area contributed by atoms with Crippen molar-refractivity contribution in [2.45, 2.75) is 13.8 Å². The van der Waals surface area contributed by atoms with E-state index in [1.807, 2.05) is 26.0 Å². The SMILES string of the molecule is COC(=O)c1ccc(NC(=O)c2ccc(Nc3cc(C)cc(C)c3)cn2)cc1. The molecular weight excluding hydrogens is 354 g/mol. The molecule has 0 unspecified atom stereocenters. The van der Waals surface area contributed by atoms with E-state index in [1.54, 1.807) is 42.6 Å². The number of pyridine rings is 1. The van der Waals surface area contributed by atoms with E-state index in [-0.39, 0.29) is 5.91 Å². The Morgan fingerprint density at radius 3 is 2.07 bits per heavy atom. The molecule has 0 aliphatic carbocycles. The Hall–Kier alpha value is -3.67. The highest BCUT2D eigenvalue weighted by Gasteiger charge is 2.09. The number of anilines is 3. The van der Waals surface area contributed by atoms with Gasteiger partial charge in [0.2, 0.25) is 0 Å². The Morgan fingerprint density at radius 1 is 0.857 bits per heavy atom. The van der Waals surface area contributed by atoms with Crippen molar-refractivity contribution in [2.75, 3.05) is 17.7 Å². The largest absolute Gasteiger partial charge is 0.465 e. The summed E-state index contributed by atoms with van der Waals surface area (Å²) in [5.41, 5.74) is 5.39. The normalized spacial score (nSPS) is 10.2. The van der Waals surface area contributed by atoms with Gasteiger partial charge in [0.25, 0.3) is 5.91 Å². The fourth-order valence-electron chi connectivity index (χ4n) is 2.82. The van der Waals surface area contributed by atoms with Gasteiger partial charge in [0.1, 0.15) is 5.69 Å². The van der Waals surface area contributed by atoms with E-state index in [0.717, 1.165) is 11.4 Å². The number of aryl methyl sites for hydroxylation is 2. The molecule has 0 aliphatic rings. The van der Waals surface area contributed by atoms with Crippen LogP contribution in [-0.4, -0.2) is 24.0 Å². The van der Waals surface area contributed by atoms with Crippen LogP contribution < -0.4 is 10.6 Å². The molecule has 2 N–H and O–H groups in total. The summed E-state index contributed by atoms with van der Waals surface area (Å²) in [7, 11) is 1.32. The molecular formula is C22H21N3O3. The topological polar surface area (TPSA) is 80.3 Å². The Balaban J connectivity index is 1.65. The van der Waals surface area contributed by atoms with E-state index in [4.69, 9.17) is 0 Å². The van der Waals surface area contributed by atoms with Gasteiger partial charge in [0, 0.05) is 11.4 Å². The number of carbonyl (C=O) groups excluding carboxylic acids is 2. The van der Waals surface area contributed by atoms with E-state index in [9.17, 15) is 9.59 Å². The Labute approximate surface area is 163 Å². The lowest BCUT2D eigenvalue weighted by atomic mass is 10.1. The lowest BCUT2D eigenvalue weighted by molar-refractivity contribution is 0.0600. The molecule has 3 aromatic rings. The number of rotatable bonds is 5. The first kappa shape index (κ1) is 19.1. The zero-order chi connectivity index (χ0) is 20.1. The van der Waals surface area contributed by atoms with E-state index in [2.05, 4.69) is 26.4 Å². The van der Waals surface area contributed by atoms with Crippen LogP contribution in [0.5, 0.6) is 0 Å². The third kappa shape index (κ3) is 4.73. The highest BCUT2D eigenvalue weighted by atomic mass is 16.5. The van der Waals surface area contributed by atoms with Crippen LogP contribution in [0.2, 0.25) is 0 Å². The van der Waals surface area contributed by atoms with Gasteiger partial charge in [-0.3, -0.25) is 4.79 Å². The molecule has 6 nitrogen and oxygen atoms in total. The van der Waals surface area contributed by atoms with Gasteiger partial charge < -0.3 is 15.4 Å². The number of aromatic nitrogens is 1. The number of ether oxygens (including phenoxy) is 1. The van der Waals surface area contributed by atoms with Crippen molar-refractivity contribution in [3.8, 4) is 0 Å². The number of carbonyl (C=O) groups is 2. The maximum Gasteiger partial charge on any atom is 0.337 e. The zero-order valence-corrected chi connectivity index (χ0v) is 15.9. The zero-order valence-electron chi connectivity index (χ0n) is 15.9. The molecule has 0 bridgehead atoms. The van der Waals surface area contributed by atoms with Gasteiger partial charge in [-0.05, 0) is 73.5 Å². The minimum Gasteiger partial charge on any atom is -0.465 e. The van der Waals surface area contributed by atoms with Gasteiger partial charge >= 0.3 is 5.97 Å². The van der Waals surface area contributed by atoms with Crippen molar-refractivity contribution in [1.29, 1.82) is 0 Å². The van der Waals surface area contributed by atoms with Crippen LogP contribution in [0, 0.1) is 13.8 Å². The average molecular weight is 375 g/mol. The van der Waals surface area contributed by atoms with Crippen molar-refractivity contribution in [3.05, 3.63) is 83.2 Å². The van der Waals surface area contributed by atoms with Crippen LogP contribution in [0.25, 0.3) is 0 Å². The second-order valence-corrected chi connectivity index (χ2v) is 6.46. The van der Waals surface area contributed by atoms with Crippen LogP contribution in [-0.2, 0) is 4.74 Å². The van der Waals surface area contributed by atoms with E-state index < -0.39 is 5.97 Å². The minimum absolute atomic E-state index is 0.294. The number of nitrogens with one attached hydrogen (secondary N) is 2. The van der Waals surface area contributed by atoms with Crippen LogP contribution in [0.3, 0.4) is 0 Å². The lowest BCUT2D eigenvalue weighted by Crippen LogP contribution is -2.13. The Morgan fingerprint density at radius 2 is 1.50 bits per heavy atom. The van der Waals surface area contributed by atoms with Gasteiger partial charge in [-0.1, -0.05) is 6.07 Å². The van der Waals surface area contributed by atoms with Gasteiger partial charge in [-0.15, -0.1) is 0 Å². The molecule has 0 fully saturated rings. The smallest absolute Gasteiger partial charge is 0.337 e. The van der Waals surface area contributed by atoms with Crippen molar-refractivity contribution >= 4 is 28.9 Å². The number of esters is 1. The molecule has 3 rings (SSSR count). The van der Waals surface area contributed by atoms with E-state index >= 15 is 0 Å². The standard InChI is InChI=1S/C22H21N3O3/c1-14-10-15(2)12-19(11-14)24-18-8-9-20(23-13-18)21(26)25-17-6-4-16(5-7-17)22(27)28-3/h4-13,24H,1-3H3,(H,25,26). The summed E-state index contributed by atoms with van der Waals surface area (Å²) in [4.78, 5) is 28.0. The van der Waals surface area contributed by atoms with Gasteiger partial charge in [-0.2, -0.15) is 0 Å². The van der Waals surface area contributed by atoms with E-state index in [1.165, 1.54) is 18.2 Å². The maximum atomic E-state index is 12.4. The fourth-order valence-corrected chi connectivity index (χ4v) is 2.82. The second-order valence-electron chi connectivity index (χ2n) is 6.46. The van der Waals surface area contributed by atoms with Gasteiger partial charge in [0.15, 0.2) is 0 Å². The summed E-state index contributed by atoms with van der Waals surface area (Å²) in [6.45, 7) is 4.09. The fraction of sp³-hybridized carbons (Fsp3) is 0.136. The summed E-state index contributed by atoms with van der Waals surface area (Å²) < 4.78 is 4.65. The van der Waals surface area contributed by atoms with Crippen LogP contribution >= 0.6 is 0 Å². The quantitative estimate of drug-likeness (QED) is 0.643. The molecule has 1 aromatic heterocycles. The molecule has 0 saturated carbocycles. The number of nitrogens with zero attached hydrogens (tertiary/aromatic N) is 1. The predicted molar refractivity (Wildman–Crippen MR) is 109 cm³/mol. The van der Waals surface area contributed by atoms with Crippen molar-refractivity contribution in [3.63, 3.8) is 0 Å². The molecule has 2 aromatic carbocycles. The predicted octanol–water partition coefficient (Wildman–Crippen LogP) is 4.48. The van der Waals surface area contributed by atoms with Gasteiger partial charge in [-0.25, -0.2) is 9.78 Å². The molecule has 28 heavy (non-hydrogen) atoms. The van der Waals surface area contributed by atoms with E-state index in [0.29, 0.717) is 16.9 Å². The molecule has 1 amide bonds. The van der Waals surface area contributed by atoms with Gasteiger partial charge in [0.05, 0.1) is 24.6 Å². The molecule has 0 radical (unpaired) electrons. The highest BCUT2D eigenvalue weighted by molar-refractivity contribution is 6.03. The number of amides is 1. The van der Waals surface area contributed by atoms with Crippen LogP contribution in [0.4, 0.5) is 17.1 Å². The molecule has 0 aliphatic heterocycles. The summed E-state index contributed by atoms with van der Waals surface area (Å²) in [5.74, 6) is -0.754. The molecule has 0 saturated heterocycles. The molecule has 0 spiro atoms. The number of benzene rings is 2. The van der Waals surface area contributed by atoms with Crippen LogP contribution in [0.1, 0.15) is 32.0 Å². The molecule has 0 atom stereocenters. The second kappa shape index (κ2) is 8.35. The monoisotopic (exact) mass is 375 g/mol. The number of hydrogen-bond donors (Lipinski definition) is 2. The minimum atomic E-state index is -0.425. The van der Waals surface area contributed by atoms with Crippen molar-refractivity contribution in [2.24, 2.45) is 0 Å². The van der Waals surface area contributed by atoms with Crippen molar-refractivity contribution in [1.82, 2.24) is 4.98 Å². The molecule has 6 heteroatoms. The summed E-state index contributed by atoms with van der Waals surface area (Å²) >= 11 is 0. The number of methoxy groups -OCH3 is 1. The summed E-state index contributed by atoms with van der Waals surface area (Å²) in [5, 5.41) is 6.04. The Kier molecular flexibility index (Phi) is 5.69. The third-order valence-electron chi connectivity index (χ3n) is 4.07. The molecule has 1 heterocycles. The summed E-state index contributed by atoms with van der Waals surface area (Å²) in [6.07, 6.45) is 1.62. The van der Waals surface area contributed by atoms with Crippen LogP contribution in [0.15, 0.2) is 60.8 Å². The average Bonchev–Trinajstić information content (AvgIpc) is 2.67. The lowest BCUT2D eigenvalue weighted by Gasteiger charge is -2.09. The first-order valence-corrected chi connectivity index (χ1v) is 8.76. The molecule has 142 valence electrons. The number of hydrogen-bond acceptors (Lipinski definition) is 5. The maximum absolute atomic E-state index is 12.4. The first-order valence-electron chi connectivity index (χ1n) is 8.76. The highest BCUT2D eigenvalue weighted by Crippen LogP contribution is 2.19. The van der Waals surface area contributed by atoms with Crippen molar-refractivity contribution < 1.29 is 14.3 Å². The summed E-state index contributed by atoms with van der Waals surface area (Å²) in [6, 6.07) is 16.1. The Bertz CT molecular complexity index is 976. The third-order valence-corrected chi connectivity index (χ3v) is 4.07. The first-order chi connectivity index (χ1) is 13.4.